The largest absolute Gasteiger partial charge is 0.323 e. The predicted octanol–water partition coefficient (Wildman–Crippen LogP) is 3.97. The van der Waals surface area contributed by atoms with Gasteiger partial charge >= 0.3 is 0 Å². The molecule has 2 N–H and O–H groups in total. The number of hydrogen-bond acceptors (Lipinski definition) is 4. The van der Waals surface area contributed by atoms with Gasteiger partial charge in [-0.1, -0.05) is 35.9 Å². The van der Waals surface area contributed by atoms with Crippen molar-refractivity contribution >= 4 is 33.2 Å². The van der Waals surface area contributed by atoms with E-state index < -0.39 is 0 Å². The van der Waals surface area contributed by atoms with Crippen molar-refractivity contribution < 1.29 is 0 Å². The third-order valence-electron chi connectivity index (χ3n) is 4.06. The average molecular weight is 330 g/mol. The second kappa shape index (κ2) is 5.63. The Labute approximate surface area is 138 Å². The second-order valence-electron chi connectivity index (χ2n) is 5.69. The van der Waals surface area contributed by atoms with E-state index in [2.05, 4.69) is 29.2 Å². The molecule has 0 amide bonds. The summed E-state index contributed by atoms with van der Waals surface area (Å²) >= 11 is 7.76. The van der Waals surface area contributed by atoms with E-state index in [0.29, 0.717) is 0 Å². The number of halogens is 1. The number of nitrogens with two attached hydrogens (primary N) is 1. The molecule has 0 aliphatic carbocycles. The van der Waals surface area contributed by atoms with E-state index in [0.717, 1.165) is 35.2 Å². The van der Waals surface area contributed by atoms with Crippen LogP contribution in [-0.4, -0.2) is 16.4 Å². The highest BCUT2D eigenvalue weighted by molar-refractivity contribution is 7.18. The van der Waals surface area contributed by atoms with Crippen molar-refractivity contribution in [3.8, 4) is 0 Å². The summed E-state index contributed by atoms with van der Waals surface area (Å²) in [5, 5.41) is 1.85. The molecule has 4 rings (SSSR count). The fraction of sp³-hybridized carbons (Fsp3) is 0.235. The molecule has 1 atom stereocenters. The second-order valence-corrected chi connectivity index (χ2v) is 7.25. The van der Waals surface area contributed by atoms with E-state index in [-0.39, 0.29) is 6.04 Å². The summed E-state index contributed by atoms with van der Waals surface area (Å²) in [6.07, 6.45) is 0. The molecule has 22 heavy (non-hydrogen) atoms. The van der Waals surface area contributed by atoms with E-state index in [9.17, 15) is 0 Å². The minimum absolute atomic E-state index is 0.0776. The van der Waals surface area contributed by atoms with Gasteiger partial charge in [-0.15, -0.1) is 11.3 Å². The topological polar surface area (TPSA) is 42.1 Å². The third-order valence-corrected chi connectivity index (χ3v) is 5.31. The molecule has 3 nitrogen and oxygen atoms in total. The zero-order chi connectivity index (χ0) is 15.1. The van der Waals surface area contributed by atoms with Crippen LogP contribution >= 0.6 is 22.9 Å². The summed E-state index contributed by atoms with van der Waals surface area (Å²) in [4.78, 5) is 7.07. The minimum atomic E-state index is 0.0776. The monoisotopic (exact) mass is 329 g/mol. The maximum atomic E-state index is 6.31. The molecule has 112 valence electrons. The Morgan fingerprint density at radius 2 is 2.14 bits per heavy atom. The van der Waals surface area contributed by atoms with Crippen molar-refractivity contribution in [2.24, 2.45) is 5.73 Å². The molecule has 0 bridgehead atoms. The lowest BCUT2D eigenvalue weighted by Crippen LogP contribution is -2.36. The minimum Gasteiger partial charge on any atom is -0.323 e. The van der Waals surface area contributed by atoms with Gasteiger partial charge in [0.1, 0.15) is 5.01 Å². The Kier molecular flexibility index (Phi) is 3.62. The van der Waals surface area contributed by atoms with Gasteiger partial charge < -0.3 is 5.73 Å². The first-order valence-electron chi connectivity index (χ1n) is 7.30. The van der Waals surface area contributed by atoms with Crippen molar-refractivity contribution in [1.29, 1.82) is 0 Å². The Bertz CT molecular complexity index is 830. The third kappa shape index (κ3) is 2.63. The first-order chi connectivity index (χ1) is 10.7. The summed E-state index contributed by atoms with van der Waals surface area (Å²) in [5.74, 6) is 0. The van der Waals surface area contributed by atoms with Gasteiger partial charge in [-0.05, 0) is 29.3 Å². The summed E-state index contributed by atoms with van der Waals surface area (Å²) in [6, 6.07) is 14.4. The van der Waals surface area contributed by atoms with E-state index in [1.807, 2.05) is 18.2 Å². The van der Waals surface area contributed by atoms with Crippen molar-refractivity contribution in [2.45, 2.75) is 19.1 Å². The van der Waals surface area contributed by atoms with Gasteiger partial charge in [-0.2, -0.15) is 0 Å². The first kappa shape index (κ1) is 14.2. The van der Waals surface area contributed by atoms with Gasteiger partial charge in [0.25, 0.3) is 0 Å². The van der Waals surface area contributed by atoms with Gasteiger partial charge in [0, 0.05) is 24.2 Å². The molecule has 0 saturated carbocycles. The van der Waals surface area contributed by atoms with Gasteiger partial charge in [-0.25, -0.2) is 4.98 Å². The maximum absolute atomic E-state index is 6.31. The highest BCUT2D eigenvalue weighted by Gasteiger charge is 2.22. The van der Waals surface area contributed by atoms with Gasteiger partial charge in [0.15, 0.2) is 0 Å². The molecule has 0 fully saturated rings. The number of benzene rings is 2. The molecular formula is C17H16ClN3S. The Morgan fingerprint density at radius 1 is 1.27 bits per heavy atom. The Morgan fingerprint density at radius 3 is 3.05 bits per heavy atom. The summed E-state index contributed by atoms with van der Waals surface area (Å²) in [7, 11) is 0. The van der Waals surface area contributed by atoms with Crippen LogP contribution < -0.4 is 5.73 Å². The van der Waals surface area contributed by atoms with Crippen LogP contribution in [0.2, 0.25) is 5.02 Å². The van der Waals surface area contributed by atoms with Gasteiger partial charge in [-0.3, -0.25) is 4.90 Å². The van der Waals surface area contributed by atoms with Crippen molar-refractivity contribution in [3.63, 3.8) is 0 Å². The molecule has 2 heterocycles. The molecular weight excluding hydrogens is 314 g/mol. The number of nitrogens with zero attached hydrogens (tertiary/aromatic N) is 2. The summed E-state index contributed by atoms with van der Waals surface area (Å²) < 4.78 is 1.18. The number of aromatic nitrogens is 1. The van der Waals surface area contributed by atoms with E-state index in [4.69, 9.17) is 22.3 Å². The van der Waals surface area contributed by atoms with Gasteiger partial charge in [0.2, 0.25) is 0 Å². The number of thiazole rings is 1. The molecule has 1 unspecified atom stereocenters. The van der Waals surface area contributed by atoms with Crippen molar-refractivity contribution in [1.82, 2.24) is 9.88 Å². The fourth-order valence-electron chi connectivity index (χ4n) is 3.05. The normalized spacial score (nSPS) is 18.5. The molecule has 0 saturated heterocycles. The summed E-state index contributed by atoms with van der Waals surface area (Å²) in [5.41, 5.74) is 9.89. The molecule has 3 aromatic rings. The lowest BCUT2D eigenvalue weighted by atomic mass is 9.96. The van der Waals surface area contributed by atoms with E-state index in [1.54, 1.807) is 11.3 Å². The van der Waals surface area contributed by atoms with Gasteiger partial charge in [0.05, 0.1) is 16.8 Å². The lowest BCUT2D eigenvalue weighted by Gasteiger charge is -2.32. The van der Waals surface area contributed by atoms with Crippen LogP contribution in [-0.2, 0) is 13.1 Å². The first-order valence-corrected chi connectivity index (χ1v) is 8.49. The van der Waals surface area contributed by atoms with Crippen LogP contribution in [0.15, 0.2) is 42.5 Å². The van der Waals surface area contributed by atoms with Crippen LogP contribution in [0.3, 0.4) is 0 Å². The SMILES string of the molecule is NC1CN(Cc2nc3cc(Cl)ccc3s2)Cc2ccccc21. The summed E-state index contributed by atoms with van der Waals surface area (Å²) in [6.45, 7) is 2.63. The lowest BCUT2D eigenvalue weighted by molar-refractivity contribution is 0.223. The molecule has 2 aromatic carbocycles. The number of hydrogen-bond donors (Lipinski definition) is 1. The van der Waals surface area contributed by atoms with Crippen molar-refractivity contribution in [2.75, 3.05) is 6.54 Å². The Hall–Kier alpha value is -1.46. The molecule has 1 aromatic heterocycles. The average Bonchev–Trinajstić information content (AvgIpc) is 2.88. The smallest absolute Gasteiger partial charge is 0.108 e. The highest BCUT2D eigenvalue weighted by Crippen LogP contribution is 2.29. The maximum Gasteiger partial charge on any atom is 0.108 e. The molecule has 0 spiro atoms. The van der Waals surface area contributed by atoms with Crippen LogP contribution in [0, 0.1) is 0 Å². The number of rotatable bonds is 2. The zero-order valence-electron chi connectivity index (χ0n) is 12.0. The quantitative estimate of drug-likeness (QED) is 0.773. The zero-order valence-corrected chi connectivity index (χ0v) is 13.6. The van der Waals surface area contributed by atoms with Crippen LogP contribution in [0.5, 0.6) is 0 Å². The van der Waals surface area contributed by atoms with Crippen LogP contribution in [0.4, 0.5) is 0 Å². The van der Waals surface area contributed by atoms with Crippen LogP contribution in [0.25, 0.3) is 10.2 Å². The van der Waals surface area contributed by atoms with E-state index >= 15 is 0 Å². The van der Waals surface area contributed by atoms with E-state index in [1.165, 1.54) is 15.8 Å². The Balaban J connectivity index is 1.58. The fourth-order valence-corrected chi connectivity index (χ4v) is 4.21. The van der Waals surface area contributed by atoms with Crippen molar-refractivity contribution in [3.05, 3.63) is 63.6 Å². The highest BCUT2D eigenvalue weighted by atomic mass is 35.5. The number of fused-ring (bicyclic) bond motifs is 2. The molecule has 1 aliphatic heterocycles. The standard InChI is InChI=1S/C17H16ClN3S/c18-12-5-6-16-15(7-12)20-17(22-16)10-21-8-11-3-1-2-4-13(11)14(19)9-21/h1-7,14H,8-10,19H2. The molecule has 0 radical (unpaired) electrons. The molecule has 1 aliphatic rings. The van der Waals surface area contributed by atoms with Crippen LogP contribution in [0.1, 0.15) is 22.2 Å². The predicted molar refractivity (Wildman–Crippen MR) is 92.1 cm³/mol. The molecule has 5 heteroatoms.